The molecule has 2 unspecified atom stereocenters. The third-order valence-electron chi connectivity index (χ3n) is 1.96. The molecule has 0 aromatic heterocycles. The van der Waals surface area contributed by atoms with Crippen LogP contribution in [0.25, 0.3) is 0 Å². The molecule has 0 radical (unpaired) electrons. The van der Waals surface area contributed by atoms with Crippen LogP contribution >= 0.6 is 0 Å². The molecule has 3 nitrogen and oxygen atoms in total. The minimum atomic E-state index is 0.0465. The minimum absolute atomic E-state index is 0.0465. The number of carbonyl (C=O) groups excluding carboxylic acids is 1. The first-order valence-electron chi connectivity index (χ1n) is 3.48. The average Bonchev–Trinajstić information content (AvgIpc) is 2.36. The van der Waals surface area contributed by atoms with Gasteiger partial charge in [0.1, 0.15) is 0 Å². The van der Waals surface area contributed by atoms with Crippen molar-refractivity contribution >= 4 is 6.41 Å². The number of carbonyl (C=O) groups is 1. The summed E-state index contributed by atoms with van der Waals surface area (Å²) in [5.41, 5.74) is 0. The Morgan fingerprint density at radius 2 is 2.40 bits per heavy atom. The molecule has 10 heavy (non-hydrogen) atoms. The summed E-state index contributed by atoms with van der Waals surface area (Å²) in [7, 11) is 0. The number of nitrogens with one attached hydrogen (secondary N) is 1. The monoisotopic (exact) mass is 138 g/mol. The first-order valence-corrected chi connectivity index (χ1v) is 3.48. The Labute approximate surface area is 60.0 Å². The van der Waals surface area contributed by atoms with E-state index in [1.807, 2.05) is 0 Å². The highest BCUT2D eigenvalue weighted by atomic mass is 16.1. The second-order valence-electron chi connectivity index (χ2n) is 2.56. The summed E-state index contributed by atoms with van der Waals surface area (Å²) in [5, 5.41) is 11.2. The van der Waals surface area contributed by atoms with E-state index in [0.29, 0.717) is 6.41 Å². The van der Waals surface area contributed by atoms with E-state index in [-0.39, 0.29) is 12.0 Å². The summed E-state index contributed by atoms with van der Waals surface area (Å²) < 4.78 is 0. The predicted octanol–water partition coefficient (Wildman–Crippen LogP) is 0.425. The zero-order valence-corrected chi connectivity index (χ0v) is 5.71. The van der Waals surface area contributed by atoms with Crippen LogP contribution in [0, 0.1) is 17.2 Å². The van der Waals surface area contributed by atoms with Gasteiger partial charge in [0, 0.05) is 6.04 Å². The van der Waals surface area contributed by atoms with Gasteiger partial charge in [-0.15, -0.1) is 0 Å². The molecule has 1 rings (SSSR count). The molecule has 1 saturated carbocycles. The summed E-state index contributed by atoms with van der Waals surface area (Å²) in [5.74, 6) is 0.0465. The molecule has 0 spiro atoms. The van der Waals surface area contributed by atoms with Crippen molar-refractivity contribution in [3.8, 4) is 6.07 Å². The van der Waals surface area contributed by atoms with E-state index in [1.54, 1.807) is 0 Å². The Morgan fingerprint density at radius 1 is 1.60 bits per heavy atom. The molecule has 1 fully saturated rings. The van der Waals surface area contributed by atoms with E-state index in [9.17, 15) is 4.79 Å². The number of nitrogens with zero attached hydrogens (tertiary/aromatic N) is 1. The van der Waals surface area contributed by atoms with E-state index in [4.69, 9.17) is 5.26 Å². The van der Waals surface area contributed by atoms with Gasteiger partial charge < -0.3 is 5.32 Å². The lowest BCUT2D eigenvalue weighted by atomic mass is 10.1. The predicted molar refractivity (Wildman–Crippen MR) is 35.9 cm³/mol. The molecule has 54 valence electrons. The third kappa shape index (κ3) is 1.27. The highest BCUT2D eigenvalue weighted by molar-refractivity contribution is 5.47. The van der Waals surface area contributed by atoms with E-state index in [1.165, 1.54) is 0 Å². The molecular weight excluding hydrogens is 128 g/mol. The smallest absolute Gasteiger partial charge is 0.207 e. The Balaban J connectivity index is 2.43. The van der Waals surface area contributed by atoms with E-state index in [0.717, 1.165) is 19.3 Å². The van der Waals surface area contributed by atoms with Gasteiger partial charge >= 0.3 is 0 Å². The summed E-state index contributed by atoms with van der Waals surface area (Å²) >= 11 is 0. The highest BCUT2D eigenvalue weighted by Gasteiger charge is 2.25. The standard InChI is InChI=1S/C7H10N2O/c8-4-6-2-1-3-7(6)9-5-10/h5-7H,1-3H2,(H,9,10). The second-order valence-corrected chi connectivity index (χ2v) is 2.56. The quantitative estimate of drug-likeness (QED) is 0.562. The van der Waals surface area contributed by atoms with Gasteiger partial charge in [-0.2, -0.15) is 5.26 Å². The largest absolute Gasteiger partial charge is 0.355 e. The molecule has 0 bridgehead atoms. The maximum Gasteiger partial charge on any atom is 0.207 e. The van der Waals surface area contributed by atoms with Crippen molar-refractivity contribution in [2.45, 2.75) is 25.3 Å². The molecule has 3 heteroatoms. The van der Waals surface area contributed by atoms with Crippen LogP contribution in [0.1, 0.15) is 19.3 Å². The maximum atomic E-state index is 10.0. The molecule has 0 aromatic rings. The van der Waals surface area contributed by atoms with Crippen LogP contribution in [0.2, 0.25) is 0 Å². The third-order valence-corrected chi connectivity index (χ3v) is 1.96. The molecule has 1 aliphatic rings. The van der Waals surface area contributed by atoms with Gasteiger partial charge in [-0.3, -0.25) is 4.79 Å². The topological polar surface area (TPSA) is 52.9 Å². The number of nitriles is 1. The van der Waals surface area contributed by atoms with Crippen LogP contribution in [-0.2, 0) is 4.79 Å². The number of hydrogen-bond acceptors (Lipinski definition) is 2. The Morgan fingerprint density at radius 3 is 3.00 bits per heavy atom. The van der Waals surface area contributed by atoms with Crippen molar-refractivity contribution in [3.63, 3.8) is 0 Å². The molecule has 1 N–H and O–H groups in total. The molecule has 2 atom stereocenters. The van der Waals surface area contributed by atoms with Gasteiger partial charge in [0.15, 0.2) is 0 Å². The van der Waals surface area contributed by atoms with Crippen molar-refractivity contribution in [1.29, 1.82) is 5.26 Å². The normalized spacial score (nSPS) is 31.1. The van der Waals surface area contributed by atoms with Crippen LogP contribution < -0.4 is 5.32 Å². The van der Waals surface area contributed by atoms with Crippen molar-refractivity contribution in [3.05, 3.63) is 0 Å². The fourth-order valence-electron chi connectivity index (χ4n) is 1.40. The van der Waals surface area contributed by atoms with Gasteiger partial charge in [0.2, 0.25) is 6.41 Å². The molecule has 0 aliphatic heterocycles. The Bertz CT molecular complexity index is 161. The van der Waals surface area contributed by atoms with Crippen molar-refractivity contribution in [2.75, 3.05) is 0 Å². The fraction of sp³-hybridized carbons (Fsp3) is 0.714. The second kappa shape index (κ2) is 3.21. The fourth-order valence-corrected chi connectivity index (χ4v) is 1.40. The van der Waals surface area contributed by atoms with E-state index >= 15 is 0 Å². The van der Waals surface area contributed by atoms with Gasteiger partial charge in [-0.1, -0.05) is 0 Å². The van der Waals surface area contributed by atoms with Gasteiger partial charge in [0.25, 0.3) is 0 Å². The summed E-state index contributed by atoms with van der Waals surface area (Å²) in [4.78, 5) is 10.0. The minimum Gasteiger partial charge on any atom is -0.355 e. The van der Waals surface area contributed by atoms with Crippen molar-refractivity contribution < 1.29 is 4.79 Å². The molecule has 1 aliphatic carbocycles. The number of rotatable bonds is 2. The zero-order chi connectivity index (χ0) is 7.40. The Hall–Kier alpha value is -1.04. The van der Waals surface area contributed by atoms with E-state index in [2.05, 4.69) is 11.4 Å². The zero-order valence-electron chi connectivity index (χ0n) is 5.71. The Kier molecular flexibility index (Phi) is 2.27. The SMILES string of the molecule is N#CC1CCCC1NC=O. The average molecular weight is 138 g/mol. The maximum absolute atomic E-state index is 10.0. The number of hydrogen-bond donors (Lipinski definition) is 1. The first-order chi connectivity index (χ1) is 4.88. The first kappa shape index (κ1) is 7.07. The lowest BCUT2D eigenvalue weighted by Crippen LogP contribution is -2.30. The van der Waals surface area contributed by atoms with Gasteiger partial charge in [-0.25, -0.2) is 0 Å². The molecule has 1 amide bonds. The summed E-state index contributed by atoms with van der Waals surface area (Å²) in [6, 6.07) is 2.29. The van der Waals surface area contributed by atoms with Gasteiger partial charge in [0.05, 0.1) is 12.0 Å². The van der Waals surface area contributed by atoms with Crippen LogP contribution in [0.15, 0.2) is 0 Å². The van der Waals surface area contributed by atoms with Crippen LogP contribution in [0.3, 0.4) is 0 Å². The van der Waals surface area contributed by atoms with E-state index < -0.39 is 0 Å². The summed E-state index contributed by atoms with van der Waals surface area (Å²) in [6.07, 6.45) is 3.63. The lowest BCUT2D eigenvalue weighted by Gasteiger charge is -2.10. The molecule has 0 saturated heterocycles. The molecule has 0 aromatic carbocycles. The molecule has 0 heterocycles. The van der Waals surface area contributed by atoms with Gasteiger partial charge in [-0.05, 0) is 19.3 Å². The van der Waals surface area contributed by atoms with Crippen LogP contribution in [-0.4, -0.2) is 12.5 Å². The summed E-state index contributed by atoms with van der Waals surface area (Å²) in [6.45, 7) is 0. The lowest BCUT2D eigenvalue weighted by molar-refractivity contribution is -0.110. The molecular formula is C7H10N2O. The van der Waals surface area contributed by atoms with Crippen LogP contribution in [0.5, 0.6) is 0 Å². The number of amides is 1. The van der Waals surface area contributed by atoms with Crippen molar-refractivity contribution in [2.24, 2.45) is 5.92 Å². The van der Waals surface area contributed by atoms with Crippen molar-refractivity contribution in [1.82, 2.24) is 5.32 Å². The van der Waals surface area contributed by atoms with Crippen LogP contribution in [0.4, 0.5) is 0 Å². The highest BCUT2D eigenvalue weighted by Crippen LogP contribution is 2.24.